The lowest BCUT2D eigenvalue weighted by atomic mass is 10.2. The second kappa shape index (κ2) is 4.22. The Hall–Kier alpha value is -0.690. The summed E-state index contributed by atoms with van der Waals surface area (Å²) in [5.74, 6) is -0.609. The van der Waals surface area contributed by atoms with Crippen LogP contribution in [0.4, 0.5) is 4.39 Å². The first kappa shape index (κ1) is 11.4. The lowest BCUT2D eigenvalue weighted by molar-refractivity contribution is 0.259. The third kappa shape index (κ3) is 3.59. The van der Waals surface area contributed by atoms with Crippen molar-refractivity contribution < 1.29 is 21.5 Å². The normalized spacial score (nSPS) is 11.6. The van der Waals surface area contributed by atoms with Gasteiger partial charge in [-0.25, -0.2) is 8.57 Å². The Kier molecular flexibility index (Phi) is 3.43. The number of halogens is 2. The number of rotatable bonds is 3. The van der Waals surface area contributed by atoms with Gasteiger partial charge >= 0.3 is 10.4 Å². The second-order valence-corrected chi connectivity index (χ2v) is 3.94. The van der Waals surface area contributed by atoms with Crippen LogP contribution in [0.25, 0.3) is 0 Å². The fourth-order valence-corrected chi connectivity index (χ4v) is 1.26. The van der Waals surface area contributed by atoms with Crippen molar-refractivity contribution in [3.63, 3.8) is 0 Å². The van der Waals surface area contributed by atoms with Gasteiger partial charge in [0.2, 0.25) is 0 Å². The van der Waals surface area contributed by atoms with Gasteiger partial charge in [-0.15, -0.1) is 0 Å². The van der Waals surface area contributed by atoms with Gasteiger partial charge in [-0.2, -0.15) is 8.42 Å². The predicted molar refractivity (Wildman–Crippen MR) is 47.7 cm³/mol. The zero-order chi connectivity index (χ0) is 10.8. The highest BCUT2D eigenvalue weighted by molar-refractivity contribution is 7.80. The third-order valence-electron chi connectivity index (χ3n) is 1.36. The van der Waals surface area contributed by atoms with Gasteiger partial charge in [-0.05, 0) is 17.7 Å². The molecule has 14 heavy (non-hydrogen) atoms. The van der Waals surface area contributed by atoms with Crippen molar-refractivity contribution in [2.75, 3.05) is 0 Å². The van der Waals surface area contributed by atoms with E-state index in [0.717, 1.165) is 6.07 Å². The molecule has 0 saturated carbocycles. The molecule has 1 rings (SSSR count). The minimum Gasteiger partial charge on any atom is -0.264 e. The first-order chi connectivity index (χ1) is 6.38. The Bertz CT molecular complexity index is 431. The van der Waals surface area contributed by atoms with E-state index in [-0.39, 0.29) is 5.02 Å². The molecule has 78 valence electrons. The predicted octanol–water partition coefficient (Wildman–Crippen LogP) is 1.80. The van der Waals surface area contributed by atoms with Gasteiger partial charge in [0.25, 0.3) is 0 Å². The Morgan fingerprint density at radius 3 is 2.64 bits per heavy atom. The maximum absolute atomic E-state index is 12.6. The maximum Gasteiger partial charge on any atom is 0.397 e. The summed E-state index contributed by atoms with van der Waals surface area (Å²) in [5, 5.41) is -0.138. The second-order valence-electron chi connectivity index (χ2n) is 2.44. The van der Waals surface area contributed by atoms with Gasteiger partial charge in [0.05, 0.1) is 11.6 Å². The standard InChI is InChI=1S/C7H6ClFO4S/c8-6-3-5(1-2-7(6)9)4-13-14(10,11)12/h1-3H,4H2,(H,10,11,12). The minimum atomic E-state index is -4.48. The van der Waals surface area contributed by atoms with E-state index in [1.807, 2.05) is 0 Å². The first-order valence-corrected chi connectivity index (χ1v) is 5.18. The third-order valence-corrected chi connectivity index (χ3v) is 2.06. The molecule has 0 aliphatic carbocycles. The summed E-state index contributed by atoms with van der Waals surface area (Å²) in [7, 11) is -4.48. The Morgan fingerprint density at radius 2 is 2.14 bits per heavy atom. The van der Waals surface area contributed by atoms with Gasteiger partial charge in [-0.1, -0.05) is 17.7 Å². The molecule has 0 bridgehead atoms. The molecule has 0 spiro atoms. The summed E-state index contributed by atoms with van der Waals surface area (Å²) in [6, 6.07) is 3.58. The molecule has 0 radical (unpaired) electrons. The van der Waals surface area contributed by atoms with Gasteiger partial charge in [0.15, 0.2) is 0 Å². The van der Waals surface area contributed by atoms with Crippen molar-refractivity contribution in [3.05, 3.63) is 34.6 Å². The highest BCUT2D eigenvalue weighted by Crippen LogP contribution is 2.16. The molecule has 0 aliphatic rings. The van der Waals surface area contributed by atoms with Crippen molar-refractivity contribution in [1.29, 1.82) is 0 Å². The SMILES string of the molecule is O=S(=O)(O)OCc1ccc(F)c(Cl)c1. The van der Waals surface area contributed by atoms with Crippen LogP contribution >= 0.6 is 11.6 Å². The van der Waals surface area contributed by atoms with Crippen molar-refractivity contribution in [1.82, 2.24) is 0 Å². The molecule has 0 aromatic heterocycles. The lowest BCUT2D eigenvalue weighted by Gasteiger charge is -2.01. The van der Waals surface area contributed by atoms with Crippen LogP contribution in [0.1, 0.15) is 5.56 Å². The molecule has 4 nitrogen and oxygen atoms in total. The largest absolute Gasteiger partial charge is 0.397 e. The first-order valence-electron chi connectivity index (χ1n) is 3.44. The van der Waals surface area contributed by atoms with Crippen molar-refractivity contribution in [3.8, 4) is 0 Å². The zero-order valence-electron chi connectivity index (χ0n) is 6.78. The van der Waals surface area contributed by atoms with Crippen LogP contribution in [-0.2, 0) is 21.2 Å². The van der Waals surface area contributed by atoms with Gasteiger partial charge in [0, 0.05) is 0 Å². The van der Waals surface area contributed by atoms with Crippen LogP contribution in [0.3, 0.4) is 0 Å². The molecule has 7 heteroatoms. The summed E-state index contributed by atoms with van der Waals surface area (Å²) >= 11 is 5.42. The molecule has 0 fully saturated rings. The molecule has 0 unspecified atom stereocenters. The molecular weight excluding hydrogens is 235 g/mol. The Labute approximate surface area is 85.2 Å². The van der Waals surface area contributed by atoms with E-state index in [1.165, 1.54) is 12.1 Å². The highest BCUT2D eigenvalue weighted by Gasteiger charge is 2.06. The Balaban J connectivity index is 2.74. The average molecular weight is 241 g/mol. The number of hydrogen-bond acceptors (Lipinski definition) is 3. The van der Waals surface area contributed by atoms with Gasteiger partial charge in [0.1, 0.15) is 5.82 Å². The van der Waals surface area contributed by atoms with Crippen molar-refractivity contribution >= 4 is 22.0 Å². The van der Waals surface area contributed by atoms with E-state index >= 15 is 0 Å². The van der Waals surface area contributed by atoms with Crippen LogP contribution in [-0.4, -0.2) is 13.0 Å². The van der Waals surface area contributed by atoms with E-state index in [1.54, 1.807) is 0 Å². The molecule has 0 heterocycles. The maximum atomic E-state index is 12.6. The number of benzene rings is 1. The summed E-state index contributed by atoms with van der Waals surface area (Å²) in [6.07, 6.45) is 0. The monoisotopic (exact) mass is 240 g/mol. The van der Waals surface area contributed by atoms with E-state index < -0.39 is 22.8 Å². The van der Waals surface area contributed by atoms with E-state index in [2.05, 4.69) is 4.18 Å². The highest BCUT2D eigenvalue weighted by atomic mass is 35.5. The molecule has 0 amide bonds. The summed E-state index contributed by atoms with van der Waals surface area (Å²) in [4.78, 5) is 0. The topological polar surface area (TPSA) is 63.6 Å². The van der Waals surface area contributed by atoms with Crippen LogP contribution in [0.2, 0.25) is 5.02 Å². The van der Waals surface area contributed by atoms with Gasteiger partial charge in [-0.3, -0.25) is 4.55 Å². The van der Waals surface area contributed by atoms with Crippen LogP contribution < -0.4 is 0 Å². The molecule has 1 aromatic carbocycles. The van der Waals surface area contributed by atoms with Crippen molar-refractivity contribution in [2.24, 2.45) is 0 Å². The van der Waals surface area contributed by atoms with Crippen LogP contribution in [0.15, 0.2) is 18.2 Å². The van der Waals surface area contributed by atoms with Crippen LogP contribution in [0.5, 0.6) is 0 Å². The molecule has 1 N–H and O–H groups in total. The van der Waals surface area contributed by atoms with Gasteiger partial charge < -0.3 is 0 Å². The zero-order valence-corrected chi connectivity index (χ0v) is 8.35. The number of hydrogen-bond donors (Lipinski definition) is 1. The fraction of sp³-hybridized carbons (Fsp3) is 0.143. The summed E-state index contributed by atoms with van der Waals surface area (Å²) < 4.78 is 45.3. The Morgan fingerprint density at radius 1 is 1.50 bits per heavy atom. The summed E-state index contributed by atoms with van der Waals surface area (Å²) in [5.41, 5.74) is 0.342. The lowest BCUT2D eigenvalue weighted by Crippen LogP contribution is -2.03. The quantitative estimate of drug-likeness (QED) is 0.819. The fourth-order valence-electron chi connectivity index (χ4n) is 0.772. The van der Waals surface area contributed by atoms with Crippen LogP contribution in [0, 0.1) is 5.82 Å². The summed E-state index contributed by atoms with van der Waals surface area (Å²) in [6.45, 7) is -0.390. The van der Waals surface area contributed by atoms with E-state index in [0.29, 0.717) is 5.56 Å². The average Bonchev–Trinajstić information content (AvgIpc) is 2.06. The molecule has 0 atom stereocenters. The molecule has 0 aliphatic heterocycles. The minimum absolute atomic E-state index is 0.138. The van der Waals surface area contributed by atoms with E-state index in [4.69, 9.17) is 16.2 Å². The molecule has 0 saturated heterocycles. The smallest absolute Gasteiger partial charge is 0.264 e. The van der Waals surface area contributed by atoms with Crippen molar-refractivity contribution in [2.45, 2.75) is 6.61 Å². The van der Waals surface area contributed by atoms with E-state index in [9.17, 15) is 12.8 Å². The molecule has 1 aromatic rings. The molecular formula is C7H6ClFO4S.